The van der Waals surface area contributed by atoms with Crippen LogP contribution in [0.4, 0.5) is 0 Å². The molecule has 1 atom stereocenters. The Balaban J connectivity index is 1.46. The third-order valence-corrected chi connectivity index (χ3v) is 6.15. The molecular formula is C30H31N3O6. The quantitative estimate of drug-likeness (QED) is 0.248. The fourth-order valence-electron chi connectivity index (χ4n) is 4.11. The van der Waals surface area contributed by atoms with Crippen molar-refractivity contribution in [3.8, 4) is 5.75 Å². The monoisotopic (exact) mass is 529 g/mol. The zero-order chi connectivity index (χ0) is 27.8. The topological polar surface area (TPSA) is 113 Å². The van der Waals surface area contributed by atoms with Crippen molar-refractivity contribution < 1.29 is 28.9 Å². The molecule has 9 heteroatoms. The number of pyridine rings is 1. The van der Waals surface area contributed by atoms with Gasteiger partial charge >= 0.3 is 5.97 Å². The highest BCUT2D eigenvalue weighted by atomic mass is 16.5. The SMILES string of the molecule is CCO[C@H](COCc1ccc(/C=C/Cn2nc(C(=O)c3ccc(C)cc3)c3ccncc32)cc1OC)C(=O)O. The highest BCUT2D eigenvalue weighted by Crippen LogP contribution is 2.23. The zero-order valence-corrected chi connectivity index (χ0v) is 22.2. The minimum Gasteiger partial charge on any atom is -0.496 e. The number of aryl methyl sites for hydroxylation is 1. The number of carbonyl (C=O) groups is 2. The molecular weight excluding hydrogens is 498 g/mol. The standard InChI is InChI=1S/C30H31N3O6/c1-4-39-27(30(35)36)19-38-18-23-12-9-21(16-26(23)37-3)6-5-15-33-25-17-31-14-13-24(25)28(32-33)29(34)22-10-7-20(2)8-11-22/h5-14,16-17,27H,4,15,18-19H2,1-3H3,(H,35,36)/b6-5+/t27-/m1/s1. The second-order valence-corrected chi connectivity index (χ2v) is 8.89. The number of carbonyl (C=O) groups excluding carboxylic acids is 1. The molecule has 0 radical (unpaired) electrons. The Labute approximate surface area is 226 Å². The van der Waals surface area contributed by atoms with Gasteiger partial charge in [-0.3, -0.25) is 14.5 Å². The third-order valence-electron chi connectivity index (χ3n) is 6.15. The first-order valence-electron chi connectivity index (χ1n) is 12.6. The van der Waals surface area contributed by atoms with Gasteiger partial charge in [-0.15, -0.1) is 0 Å². The molecule has 0 saturated heterocycles. The molecule has 0 saturated carbocycles. The number of aliphatic carboxylic acids is 1. The molecule has 0 amide bonds. The molecule has 2 aromatic heterocycles. The fraction of sp³-hybridized carbons (Fsp3) is 0.267. The number of aromatic nitrogens is 3. The number of hydrogen-bond acceptors (Lipinski definition) is 7. The van der Waals surface area contributed by atoms with Crippen molar-refractivity contribution in [1.29, 1.82) is 0 Å². The Hall–Kier alpha value is -4.34. The number of ketones is 1. The Morgan fingerprint density at radius 1 is 1.13 bits per heavy atom. The van der Waals surface area contributed by atoms with E-state index >= 15 is 0 Å². The van der Waals surface area contributed by atoms with Gasteiger partial charge in [-0.2, -0.15) is 5.10 Å². The maximum Gasteiger partial charge on any atom is 0.335 e. The minimum absolute atomic E-state index is 0.0604. The van der Waals surface area contributed by atoms with Gasteiger partial charge < -0.3 is 19.3 Å². The number of rotatable bonds is 13. The van der Waals surface area contributed by atoms with E-state index < -0.39 is 12.1 Å². The summed E-state index contributed by atoms with van der Waals surface area (Å²) in [6.07, 6.45) is 6.25. The van der Waals surface area contributed by atoms with Crippen LogP contribution in [0.25, 0.3) is 17.0 Å². The molecule has 0 bridgehead atoms. The van der Waals surface area contributed by atoms with Crippen molar-refractivity contribution in [3.05, 3.63) is 94.9 Å². The number of carboxylic acids is 1. The largest absolute Gasteiger partial charge is 0.496 e. The van der Waals surface area contributed by atoms with E-state index in [2.05, 4.69) is 10.1 Å². The van der Waals surface area contributed by atoms with Crippen LogP contribution in [0.1, 0.15) is 39.7 Å². The highest BCUT2D eigenvalue weighted by molar-refractivity contribution is 6.14. The van der Waals surface area contributed by atoms with E-state index in [4.69, 9.17) is 14.2 Å². The van der Waals surface area contributed by atoms with Crippen molar-refractivity contribution in [2.24, 2.45) is 0 Å². The van der Waals surface area contributed by atoms with Gasteiger partial charge in [-0.25, -0.2) is 4.79 Å². The van der Waals surface area contributed by atoms with Crippen LogP contribution >= 0.6 is 0 Å². The molecule has 0 unspecified atom stereocenters. The Bertz CT molecular complexity index is 1480. The van der Waals surface area contributed by atoms with Crippen molar-refractivity contribution in [1.82, 2.24) is 14.8 Å². The second kappa shape index (κ2) is 12.9. The first kappa shape index (κ1) is 27.7. The van der Waals surface area contributed by atoms with E-state index in [9.17, 15) is 14.7 Å². The van der Waals surface area contributed by atoms with Gasteiger partial charge in [0.1, 0.15) is 11.4 Å². The molecule has 1 N–H and O–H groups in total. The average molecular weight is 530 g/mol. The lowest BCUT2D eigenvalue weighted by Crippen LogP contribution is -2.29. The summed E-state index contributed by atoms with van der Waals surface area (Å²) in [7, 11) is 1.57. The van der Waals surface area contributed by atoms with Crippen LogP contribution in [0.15, 0.2) is 67.0 Å². The second-order valence-electron chi connectivity index (χ2n) is 8.89. The zero-order valence-electron chi connectivity index (χ0n) is 22.2. The Morgan fingerprint density at radius 2 is 1.92 bits per heavy atom. The number of ether oxygens (including phenoxy) is 3. The molecule has 0 aliphatic carbocycles. The van der Waals surface area contributed by atoms with Crippen molar-refractivity contribution in [3.63, 3.8) is 0 Å². The summed E-state index contributed by atoms with van der Waals surface area (Å²) >= 11 is 0. The van der Waals surface area contributed by atoms with Crippen LogP contribution in [-0.4, -0.2) is 58.1 Å². The maximum absolute atomic E-state index is 13.2. The van der Waals surface area contributed by atoms with Crippen LogP contribution in [0, 0.1) is 6.92 Å². The summed E-state index contributed by atoms with van der Waals surface area (Å²) in [6.45, 7) is 4.57. The fourth-order valence-corrected chi connectivity index (χ4v) is 4.11. The van der Waals surface area contributed by atoms with E-state index in [-0.39, 0.29) is 19.0 Å². The number of methoxy groups -OCH3 is 1. The van der Waals surface area contributed by atoms with E-state index in [1.165, 1.54) is 0 Å². The molecule has 9 nitrogen and oxygen atoms in total. The number of hydrogen-bond donors (Lipinski definition) is 1. The molecule has 0 fully saturated rings. The lowest BCUT2D eigenvalue weighted by molar-refractivity contribution is -0.154. The third kappa shape index (κ3) is 6.76. The molecule has 202 valence electrons. The maximum atomic E-state index is 13.2. The first-order chi connectivity index (χ1) is 18.9. The van der Waals surface area contributed by atoms with Crippen LogP contribution < -0.4 is 4.74 Å². The summed E-state index contributed by atoms with van der Waals surface area (Å²) in [4.78, 5) is 28.6. The van der Waals surface area contributed by atoms with Gasteiger partial charge in [0.2, 0.25) is 5.78 Å². The molecule has 0 spiro atoms. The molecule has 39 heavy (non-hydrogen) atoms. The summed E-state index contributed by atoms with van der Waals surface area (Å²) in [5.74, 6) is -0.566. The average Bonchev–Trinajstić information content (AvgIpc) is 3.31. The van der Waals surface area contributed by atoms with Crippen molar-refractivity contribution in [2.45, 2.75) is 33.1 Å². The van der Waals surface area contributed by atoms with Crippen LogP contribution in [0.5, 0.6) is 5.75 Å². The lowest BCUT2D eigenvalue weighted by Gasteiger charge is -2.14. The Kier molecular flexibility index (Phi) is 9.19. The van der Waals surface area contributed by atoms with Crippen LogP contribution in [0.3, 0.4) is 0 Å². The van der Waals surface area contributed by atoms with E-state index in [0.29, 0.717) is 30.2 Å². The first-order valence-corrected chi connectivity index (χ1v) is 12.6. The molecule has 4 rings (SSSR count). The molecule has 0 aliphatic heterocycles. The number of benzene rings is 2. The van der Waals surface area contributed by atoms with Gasteiger partial charge in [-0.05, 0) is 31.5 Å². The van der Waals surface area contributed by atoms with Crippen molar-refractivity contribution >= 4 is 28.7 Å². The van der Waals surface area contributed by atoms with E-state index in [0.717, 1.165) is 27.6 Å². The number of nitrogens with zero attached hydrogens (tertiary/aromatic N) is 3. The summed E-state index contributed by atoms with van der Waals surface area (Å²) in [5, 5.41) is 14.6. The molecule has 2 heterocycles. The number of allylic oxidation sites excluding steroid dienone is 1. The summed E-state index contributed by atoms with van der Waals surface area (Å²) in [5.41, 5.74) is 4.53. The predicted octanol–water partition coefficient (Wildman–Crippen LogP) is 4.70. The predicted molar refractivity (Wildman–Crippen MR) is 147 cm³/mol. The summed E-state index contributed by atoms with van der Waals surface area (Å²) in [6, 6.07) is 14.9. The van der Waals surface area contributed by atoms with Gasteiger partial charge in [-0.1, -0.05) is 54.1 Å². The molecule has 0 aliphatic rings. The van der Waals surface area contributed by atoms with E-state index in [1.54, 1.807) is 31.1 Å². The van der Waals surface area contributed by atoms with Crippen LogP contribution in [0.2, 0.25) is 0 Å². The molecule has 4 aromatic rings. The highest BCUT2D eigenvalue weighted by Gasteiger charge is 2.19. The minimum atomic E-state index is -1.06. The smallest absolute Gasteiger partial charge is 0.335 e. The van der Waals surface area contributed by atoms with Crippen molar-refractivity contribution in [2.75, 3.05) is 20.3 Å². The van der Waals surface area contributed by atoms with Gasteiger partial charge in [0, 0.05) is 29.3 Å². The number of fused-ring (bicyclic) bond motifs is 1. The van der Waals surface area contributed by atoms with Gasteiger partial charge in [0.15, 0.2) is 6.10 Å². The van der Waals surface area contributed by atoms with Gasteiger partial charge in [0.05, 0.1) is 38.6 Å². The normalized spacial score (nSPS) is 12.2. The summed E-state index contributed by atoms with van der Waals surface area (Å²) < 4.78 is 18.0. The van der Waals surface area contributed by atoms with Gasteiger partial charge in [0.25, 0.3) is 0 Å². The molecule has 2 aromatic carbocycles. The lowest BCUT2D eigenvalue weighted by atomic mass is 10.0. The number of carboxylic acid groups (broad SMARTS) is 1. The Morgan fingerprint density at radius 3 is 2.64 bits per heavy atom. The van der Waals surface area contributed by atoms with E-state index in [1.807, 2.05) is 67.6 Å². The van der Waals surface area contributed by atoms with Crippen LogP contribution in [-0.2, 0) is 27.4 Å².